The Bertz CT molecular complexity index is 3040. The maximum absolute atomic E-state index is 2.57. The number of para-hydroxylation sites is 4. The lowest BCUT2D eigenvalue weighted by atomic mass is 9.33. The van der Waals surface area contributed by atoms with E-state index < -0.39 is 8.07 Å². The van der Waals surface area contributed by atoms with Crippen molar-refractivity contribution in [3.63, 3.8) is 0 Å². The molecule has 0 fully saturated rings. The molecule has 0 N–H and O–H groups in total. The summed E-state index contributed by atoms with van der Waals surface area (Å²) >= 11 is 0. The van der Waals surface area contributed by atoms with Crippen LogP contribution in [0.25, 0.3) is 22.3 Å². The molecule has 2 aliphatic heterocycles. The van der Waals surface area contributed by atoms with Crippen LogP contribution in [0.1, 0.15) is 0 Å². The number of nitrogens with zero attached hydrogens (tertiary/aromatic N) is 3. The van der Waals surface area contributed by atoms with E-state index in [1.807, 2.05) is 0 Å². The molecule has 3 nitrogen and oxygen atoms in total. The van der Waals surface area contributed by atoms with Gasteiger partial charge in [-0.15, -0.1) is 0 Å². The van der Waals surface area contributed by atoms with Gasteiger partial charge in [0, 0.05) is 50.9 Å². The van der Waals surface area contributed by atoms with Gasteiger partial charge in [-0.1, -0.05) is 183 Å². The number of rotatable bonds is 8. The topological polar surface area (TPSA) is 9.72 Å². The van der Waals surface area contributed by atoms with Crippen molar-refractivity contribution in [3.05, 3.63) is 224 Å². The fourth-order valence-corrected chi connectivity index (χ4v) is 10.9. The van der Waals surface area contributed by atoms with E-state index in [4.69, 9.17) is 0 Å². The summed E-state index contributed by atoms with van der Waals surface area (Å²) in [6.07, 6.45) is 0. The fourth-order valence-electron chi connectivity index (χ4n) is 9.71. The van der Waals surface area contributed by atoms with E-state index in [0.29, 0.717) is 0 Å². The van der Waals surface area contributed by atoms with Gasteiger partial charge in [0.25, 0.3) is 6.71 Å². The zero-order chi connectivity index (χ0) is 41.8. The van der Waals surface area contributed by atoms with Gasteiger partial charge in [0.15, 0.2) is 0 Å². The predicted octanol–water partition coefficient (Wildman–Crippen LogP) is 13.1. The summed E-state index contributed by atoms with van der Waals surface area (Å²) in [6.45, 7) is 7.39. The molecule has 2 aliphatic rings. The average Bonchev–Trinajstić information content (AvgIpc) is 3.32. The maximum atomic E-state index is 2.57. The van der Waals surface area contributed by atoms with Gasteiger partial charge in [0.05, 0.1) is 19.4 Å². The van der Waals surface area contributed by atoms with Gasteiger partial charge in [-0.2, -0.15) is 0 Å². The van der Waals surface area contributed by atoms with Crippen molar-refractivity contribution in [3.8, 4) is 22.3 Å². The van der Waals surface area contributed by atoms with Crippen LogP contribution < -0.4 is 36.3 Å². The van der Waals surface area contributed by atoms with Crippen LogP contribution in [-0.2, 0) is 0 Å². The smallest absolute Gasteiger partial charge is 0.252 e. The highest BCUT2D eigenvalue weighted by molar-refractivity contribution is 7.01. The van der Waals surface area contributed by atoms with E-state index in [9.17, 15) is 0 Å². The Labute approximate surface area is 366 Å². The Balaban J connectivity index is 1.22. The van der Waals surface area contributed by atoms with Crippen LogP contribution in [-0.4, -0.2) is 14.8 Å². The van der Waals surface area contributed by atoms with Crippen LogP contribution in [0.15, 0.2) is 224 Å². The molecular formula is C57H46BN3Si. The summed E-state index contributed by atoms with van der Waals surface area (Å²) in [7, 11) is -1.72. The molecule has 296 valence electrons. The van der Waals surface area contributed by atoms with Gasteiger partial charge in [-0.25, -0.2) is 0 Å². The van der Waals surface area contributed by atoms with Crippen LogP contribution in [0, 0.1) is 0 Å². The third-order valence-corrected chi connectivity index (χ3v) is 14.6. The van der Waals surface area contributed by atoms with E-state index in [1.54, 1.807) is 0 Å². The summed E-state index contributed by atoms with van der Waals surface area (Å²) in [6, 6.07) is 82.5. The highest BCUT2D eigenvalue weighted by Crippen LogP contribution is 2.49. The molecule has 0 unspecified atom stereocenters. The third-order valence-electron chi connectivity index (χ3n) is 12.6. The predicted molar refractivity (Wildman–Crippen MR) is 269 cm³/mol. The molecule has 0 spiro atoms. The van der Waals surface area contributed by atoms with Crippen molar-refractivity contribution in [2.75, 3.05) is 14.7 Å². The summed E-state index contributed by atoms with van der Waals surface area (Å²) in [5.74, 6) is 0. The molecule has 62 heavy (non-hydrogen) atoms. The molecule has 11 rings (SSSR count). The van der Waals surface area contributed by atoms with Crippen molar-refractivity contribution in [1.82, 2.24) is 0 Å². The second-order valence-corrected chi connectivity index (χ2v) is 22.4. The first-order chi connectivity index (χ1) is 30.4. The van der Waals surface area contributed by atoms with Crippen molar-refractivity contribution in [2.45, 2.75) is 19.6 Å². The lowest BCUT2D eigenvalue weighted by molar-refractivity contribution is 1.24. The van der Waals surface area contributed by atoms with E-state index in [0.717, 1.165) is 22.7 Å². The highest BCUT2D eigenvalue weighted by atomic mass is 28.3. The summed E-state index contributed by atoms with van der Waals surface area (Å²) in [5, 5.41) is 1.46. The maximum Gasteiger partial charge on any atom is 0.252 e. The van der Waals surface area contributed by atoms with E-state index in [-0.39, 0.29) is 6.71 Å². The Kier molecular flexibility index (Phi) is 9.28. The normalized spacial score (nSPS) is 12.7. The molecule has 0 atom stereocenters. The lowest BCUT2D eigenvalue weighted by Gasteiger charge is -2.45. The molecule has 0 amide bonds. The van der Waals surface area contributed by atoms with Gasteiger partial charge in [-0.05, 0) is 94.2 Å². The Morgan fingerprint density at radius 3 is 1.35 bits per heavy atom. The number of anilines is 9. The van der Waals surface area contributed by atoms with Crippen LogP contribution in [0.2, 0.25) is 19.6 Å². The molecule has 2 heterocycles. The van der Waals surface area contributed by atoms with Gasteiger partial charge in [0.2, 0.25) is 0 Å². The standard InChI is InChI=1S/C57H46BN3Si/c1-62(2,3)46-36-38-53-50(40-46)58-49-37-35-45(59(43-25-12-6-13-26-43)44-27-14-7-15-28-44)39-56(49)61(52-32-19-17-30-48(52)42-23-10-5-11-24-42)55-34-20-33-54(57(55)58)60(53)51-31-18-16-29-47(51)41-21-8-4-9-22-41/h4-40H,1-3H3. The molecule has 9 aromatic rings. The quantitative estimate of drug-likeness (QED) is 0.142. The first-order valence-corrected chi connectivity index (χ1v) is 25.1. The van der Waals surface area contributed by atoms with Gasteiger partial charge in [-0.3, -0.25) is 0 Å². The molecule has 0 saturated carbocycles. The molecule has 0 aliphatic carbocycles. The average molecular weight is 812 g/mol. The minimum atomic E-state index is -1.72. The molecule has 5 heteroatoms. The van der Waals surface area contributed by atoms with Gasteiger partial charge in [0.1, 0.15) is 0 Å². The third kappa shape index (κ3) is 6.36. The Hall–Kier alpha value is -7.34. The molecule has 0 bridgehead atoms. The highest BCUT2D eigenvalue weighted by Gasteiger charge is 2.44. The molecule has 0 radical (unpaired) electrons. The van der Waals surface area contributed by atoms with Crippen molar-refractivity contribution >= 4 is 87.5 Å². The monoisotopic (exact) mass is 811 g/mol. The second-order valence-electron chi connectivity index (χ2n) is 17.4. The molecule has 0 saturated heterocycles. The zero-order valence-electron chi connectivity index (χ0n) is 35.3. The van der Waals surface area contributed by atoms with Gasteiger partial charge < -0.3 is 14.7 Å². The minimum Gasteiger partial charge on any atom is -0.311 e. The van der Waals surface area contributed by atoms with Crippen LogP contribution in [0.5, 0.6) is 0 Å². The SMILES string of the molecule is C[Si](C)(C)c1ccc2c(c1)B1c3ccc(N(c4ccccc4)c4ccccc4)cc3N(c3ccccc3-c3ccccc3)c3cccc(c31)N2c1ccccc1-c1ccccc1. The van der Waals surface area contributed by atoms with Crippen LogP contribution >= 0.6 is 0 Å². The number of benzene rings is 9. The Morgan fingerprint density at radius 2 is 0.823 bits per heavy atom. The van der Waals surface area contributed by atoms with Crippen LogP contribution in [0.3, 0.4) is 0 Å². The van der Waals surface area contributed by atoms with E-state index >= 15 is 0 Å². The first kappa shape index (κ1) is 37.6. The van der Waals surface area contributed by atoms with Crippen molar-refractivity contribution in [1.29, 1.82) is 0 Å². The van der Waals surface area contributed by atoms with Crippen molar-refractivity contribution in [2.24, 2.45) is 0 Å². The van der Waals surface area contributed by atoms with E-state index in [1.165, 1.54) is 72.3 Å². The second kappa shape index (κ2) is 15.3. The first-order valence-electron chi connectivity index (χ1n) is 21.6. The van der Waals surface area contributed by atoms with Gasteiger partial charge >= 0.3 is 0 Å². The summed E-state index contributed by atoms with van der Waals surface area (Å²) in [4.78, 5) is 7.49. The minimum absolute atomic E-state index is 0.00118. The molecular weight excluding hydrogens is 766 g/mol. The zero-order valence-corrected chi connectivity index (χ0v) is 36.3. The van der Waals surface area contributed by atoms with E-state index in [2.05, 4.69) is 259 Å². The number of fused-ring (bicyclic) bond motifs is 4. The molecule has 9 aromatic carbocycles. The summed E-state index contributed by atoms with van der Waals surface area (Å²) in [5.41, 5.74) is 19.2. The largest absolute Gasteiger partial charge is 0.311 e. The lowest BCUT2D eigenvalue weighted by Crippen LogP contribution is -2.62. The fraction of sp³-hybridized carbons (Fsp3) is 0.0526. The Morgan fingerprint density at radius 1 is 0.355 bits per heavy atom. The number of hydrogen-bond acceptors (Lipinski definition) is 3. The van der Waals surface area contributed by atoms with Crippen LogP contribution in [0.4, 0.5) is 51.2 Å². The number of hydrogen-bond donors (Lipinski definition) is 0. The molecule has 0 aromatic heterocycles. The van der Waals surface area contributed by atoms with Crippen molar-refractivity contribution < 1.29 is 0 Å². The summed E-state index contributed by atoms with van der Waals surface area (Å²) < 4.78 is 0.